The first-order valence-electron chi connectivity index (χ1n) is 9.41. The number of allylic oxidation sites excluding steroid dienone is 2. The minimum Gasteiger partial charge on any atom is -0.377 e. The number of hydrogen-bond donors (Lipinski definition) is 0. The molecule has 0 aromatic heterocycles. The van der Waals surface area contributed by atoms with Gasteiger partial charge in [0.05, 0.1) is 6.61 Å². The molecule has 0 aliphatic rings. The summed E-state index contributed by atoms with van der Waals surface area (Å²) in [5.41, 5.74) is 3.76. The molecule has 0 N–H and O–H groups in total. The van der Waals surface area contributed by atoms with E-state index in [1.165, 1.54) is 27.6 Å². The van der Waals surface area contributed by atoms with Crippen LogP contribution in [0.1, 0.15) is 59.4 Å². The number of unbranched alkanes of at least 4 members (excludes halogenated alkanes) is 1. The van der Waals surface area contributed by atoms with Crippen LogP contribution in [0.4, 0.5) is 0 Å². The van der Waals surface area contributed by atoms with Crippen molar-refractivity contribution in [2.45, 2.75) is 60.5 Å². The van der Waals surface area contributed by atoms with Crippen LogP contribution in [0.3, 0.4) is 0 Å². The van der Waals surface area contributed by atoms with Crippen LogP contribution in [0.25, 0.3) is 10.8 Å². The highest BCUT2D eigenvalue weighted by Gasteiger charge is 1.99. The van der Waals surface area contributed by atoms with Gasteiger partial charge in [-0.15, -0.1) is 0 Å². The second kappa shape index (κ2) is 12.4. The van der Waals surface area contributed by atoms with E-state index in [1.54, 1.807) is 0 Å². The lowest BCUT2D eigenvalue weighted by atomic mass is 10.1. The predicted octanol–water partition coefficient (Wildman–Crippen LogP) is 6.94. The normalized spacial score (nSPS) is 10.6. The minimum atomic E-state index is 0.688. The molecule has 0 heterocycles. The van der Waals surface area contributed by atoms with Crippen LogP contribution in [0.5, 0.6) is 0 Å². The van der Waals surface area contributed by atoms with Gasteiger partial charge in [-0.05, 0) is 62.4 Å². The molecule has 0 saturated carbocycles. The Balaban J connectivity index is 0.00000151. The third-order valence-corrected chi connectivity index (χ3v) is 3.90. The van der Waals surface area contributed by atoms with Crippen molar-refractivity contribution < 1.29 is 4.74 Å². The van der Waals surface area contributed by atoms with E-state index in [2.05, 4.69) is 61.3 Å². The van der Waals surface area contributed by atoms with E-state index in [1.807, 2.05) is 27.0 Å². The smallest absolute Gasteiger partial charge is 0.0717 e. The third kappa shape index (κ3) is 7.66. The molecule has 2 rings (SSSR count). The van der Waals surface area contributed by atoms with E-state index >= 15 is 0 Å². The lowest BCUT2D eigenvalue weighted by molar-refractivity contribution is 0.117. The van der Waals surface area contributed by atoms with Crippen LogP contribution >= 0.6 is 0 Å². The zero-order valence-corrected chi connectivity index (χ0v) is 16.5. The number of fused-ring (bicyclic) bond motifs is 1. The summed E-state index contributed by atoms with van der Waals surface area (Å²) >= 11 is 0. The van der Waals surface area contributed by atoms with Gasteiger partial charge in [-0.25, -0.2) is 0 Å². The summed E-state index contributed by atoms with van der Waals surface area (Å²) in [4.78, 5) is 4.43. The maximum atomic E-state index is 5.82. The molecule has 136 valence electrons. The summed E-state index contributed by atoms with van der Waals surface area (Å²) in [6, 6.07) is 15.0. The van der Waals surface area contributed by atoms with Crippen molar-refractivity contribution in [3.63, 3.8) is 0 Å². The molecule has 2 aromatic rings. The topological polar surface area (TPSA) is 21.6 Å². The number of rotatable bonds is 8. The van der Waals surface area contributed by atoms with Crippen molar-refractivity contribution in [1.29, 1.82) is 0 Å². The summed E-state index contributed by atoms with van der Waals surface area (Å²) in [5, 5.41) is 2.56. The molecule has 0 aliphatic heterocycles. The highest BCUT2D eigenvalue weighted by atomic mass is 16.5. The van der Waals surface area contributed by atoms with E-state index in [4.69, 9.17) is 4.74 Å². The molecule has 0 amide bonds. The number of benzene rings is 2. The molecule has 0 fully saturated rings. The Labute approximate surface area is 153 Å². The average Bonchev–Trinajstić information content (AvgIpc) is 2.65. The van der Waals surface area contributed by atoms with Gasteiger partial charge in [0.2, 0.25) is 0 Å². The molecule has 0 unspecified atom stereocenters. The fraction of sp³-hybridized carbons (Fsp3) is 0.435. The molecule has 0 radical (unpaired) electrons. The lowest BCUT2D eigenvalue weighted by Crippen LogP contribution is -1.96. The summed E-state index contributed by atoms with van der Waals surface area (Å²) < 4.78 is 5.82. The van der Waals surface area contributed by atoms with Gasteiger partial charge in [-0.3, -0.25) is 4.99 Å². The standard InChI is InChI=1S/C21H27NO.C2H6/c1-4-22-21(17(2)3)11-7-8-14-23-16-18-12-13-19-9-5-6-10-20(19)15-18;1-2/h4-6,9-10,12-13,15H,7-8,11,14,16H2,1-3H3;1-2H3. The van der Waals surface area contributed by atoms with Crippen molar-refractivity contribution in [3.8, 4) is 0 Å². The maximum Gasteiger partial charge on any atom is 0.0717 e. The van der Waals surface area contributed by atoms with Crippen molar-refractivity contribution in [1.82, 2.24) is 0 Å². The molecule has 0 atom stereocenters. The Kier molecular flexibility index (Phi) is 10.5. The largest absolute Gasteiger partial charge is 0.377 e. The number of hydrogen-bond acceptors (Lipinski definition) is 2. The van der Waals surface area contributed by atoms with Crippen molar-refractivity contribution in [2.24, 2.45) is 4.99 Å². The highest BCUT2D eigenvalue weighted by molar-refractivity contribution is 5.82. The number of nitrogens with zero attached hydrogens (tertiary/aromatic N) is 1. The van der Waals surface area contributed by atoms with E-state index in [0.29, 0.717) is 6.61 Å². The van der Waals surface area contributed by atoms with Gasteiger partial charge in [0.15, 0.2) is 0 Å². The minimum absolute atomic E-state index is 0.688. The molecule has 0 aliphatic carbocycles. The molecular weight excluding hydrogens is 306 g/mol. The zero-order valence-electron chi connectivity index (χ0n) is 16.5. The van der Waals surface area contributed by atoms with Gasteiger partial charge in [-0.1, -0.05) is 55.8 Å². The van der Waals surface area contributed by atoms with E-state index in [-0.39, 0.29) is 0 Å². The Morgan fingerprint density at radius 2 is 1.72 bits per heavy atom. The first kappa shape index (κ1) is 21.1. The van der Waals surface area contributed by atoms with E-state index < -0.39 is 0 Å². The molecule has 0 spiro atoms. The summed E-state index contributed by atoms with van der Waals surface area (Å²) in [6.45, 7) is 11.7. The second-order valence-electron chi connectivity index (χ2n) is 6.03. The molecular formula is C23H33NO. The Morgan fingerprint density at radius 1 is 1.00 bits per heavy atom. The fourth-order valence-corrected chi connectivity index (χ4v) is 2.61. The van der Waals surface area contributed by atoms with Gasteiger partial charge >= 0.3 is 0 Å². The monoisotopic (exact) mass is 339 g/mol. The first-order valence-corrected chi connectivity index (χ1v) is 9.41. The van der Waals surface area contributed by atoms with E-state index in [9.17, 15) is 0 Å². The molecule has 25 heavy (non-hydrogen) atoms. The highest BCUT2D eigenvalue weighted by Crippen LogP contribution is 2.17. The maximum absolute atomic E-state index is 5.82. The second-order valence-corrected chi connectivity index (χ2v) is 6.03. The average molecular weight is 340 g/mol. The van der Waals surface area contributed by atoms with Crippen LogP contribution in [0, 0.1) is 0 Å². The molecule has 0 saturated heterocycles. The summed E-state index contributed by atoms with van der Waals surface area (Å²) in [5.74, 6) is 0. The predicted molar refractivity (Wildman–Crippen MR) is 111 cm³/mol. The van der Waals surface area contributed by atoms with Crippen molar-refractivity contribution in [3.05, 3.63) is 59.3 Å². The number of aliphatic imine (C=N–C) groups is 1. The number of ether oxygens (including phenoxy) is 1. The molecule has 2 heteroatoms. The van der Waals surface area contributed by atoms with Crippen LogP contribution < -0.4 is 0 Å². The van der Waals surface area contributed by atoms with Crippen molar-refractivity contribution >= 4 is 17.0 Å². The molecule has 2 nitrogen and oxygen atoms in total. The van der Waals surface area contributed by atoms with Crippen molar-refractivity contribution in [2.75, 3.05) is 6.61 Å². The zero-order chi connectivity index (χ0) is 18.5. The van der Waals surface area contributed by atoms with Crippen LogP contribution in [0.2, 0.25) is 0 Å². The Bertz CT molecular complexity index is 681. The fourth-order valence-electron chi connectivity index (χ4n) is 2.61. The molecule has 2 aromatic carbocycles. The first-order chi connectivity index (χ1) is 12.2. The lowest BCUT2D eigenvalue weighted by Gasteiger charge is -2.07. The summed E-state index contributed by atoms with van der Waals surface area (Å²) in [6.07, 6.45) is 5.10. The molecule has 0 bridgehead atoms. The SMILES string of the molecule is CC.CC=NC(CCCCOCc1ccc2ccccc2c1)=C(C)C. The Morgan fingerprint density at radius 3 is 2.40 bits per heavy atom. The van der Waals surface area contributed by atoms with Gasteiger partial charge in [0.1, 0.15) is 0 Å². The van der Waals surface area contributed by atoms with Crippen LogP contribution in [-0.2, 0) is 11.3 Å². The van der Waals surface area contributed by atoms with Crippen LogP contribution in [-0.4, -0.2) is 12.8 Å². The Hall–Kier alpha value is -1.93. The van der Waals surface area contributed by atoms with Gasteiger partial charge < -0.3 is 4.74 Å². The van der Waals surface area contributed by atoms with Gasteiger partial charge in [-0.2, -0.15) is 0 Å². The quantitative estimate of drug-likeness (QED) is 0.377. The van der Waals surface area contributed by atoms with Gasteiger partial charge in [0, 0.05) is 18.5 Å². The van der Waals surface area contributed by atoms with Gasteiger partial charge in [0.25, 0.3) is 0 Å². The van der Waals surface area contributed by atoms with Crippen LogP contribution in [0.15, 0.2) is 58.7 Å². The third-order valence-electron chi connectivity index (χ3n) is 3.90. The van der Waals surface area contributed by atoms with E-state index in [0.717, 1.165) is 25.9 Å². The summed E-state index contributed by atoms with van der Waals surface area (Å²) in [7, 11) is 0.